The summed E-state index contributed by atoms with van der Waals surface area (Å²) >= 11 is 0. The Bertz CT molecular complexity index is 1060. The summed E-state index contributed by atoms with van der Waals surface area (Å²) in [5.74, 6) is -1.89. The molecule has 4 rings (SSSR count). The molecule has 0 unspecified atom stereocenters. The molecular weight excluding hydrogens is 425 g/mol. The van der Waals surface area contributed by atoms with Gasteiger partial charge in [0.25, 0.3) is 0 Å². The van der Waals surface area contributed by atoms with Crippen molar-refractivity contribution in [2.45, 2.75) is 38.2 Å². The Morgan fingerprint density at radius 1 is 0.938 bits per heavy atom. The van der Waals surface area contributed by atoms with E-state index in [1.54, 1.807) is 31.2 Å². The molecule has 168 valence electrons. The fourth-order valence-corrected chi connectivity index (χ4v) is 4.28. The number of nitrogens with zero attached hydrogens (tertiary/aromatic N) is 1. The Morgan fingerprint density at radius 2 is 1.56 bits per heavy atom. The standard InChI is InChI=1S/C25H22F5NO/c1-16-11-18-9-5-6-10-20(18)24(31(16)15-25(28,29)30)23-21(26)12-19(13-22(23)27)32-14-17-7-3-2-4-8-17/h2-10,12-13,16,24H,11,14-15H2,1H3/t16-,24+/m1/s1. The van der Waals surface area contributed by atoms with Crippen molar-refractivity contribution >= 4 is 0 Å². The van der Waals surface area contributed by atoms with E-state index in [-0.39, 0.29) is 12.4 Å². The molecule has 1 aliphatic rings. The fraction of sp³-hybridized carbons (Fsp3) is 0.280. The summed E-state index contributed by atoms with van der Waals surface area (Å²) in [5.41, 5.74) is 1.68. The van der Waals surface area contributed by atoms with Crippen LogP contribution < -0.4 is 4.74 Å². The first-order valence-corrected chi connectivity index (χ1v) is 10.3. The van der Waals surface area contributed by atoms with E-state index < -0.39 is 42.0 Å². The maximum absolute atomic E-state index is 15.2. The molecule has 1 aliphatic heterocycles. The Labute approximate surface area is 183 Å². The molecule has 0 saturated heterocycles. The molecule has 7 heteroatoms. The third-order valence-electron chi connectivity index (χ3n) is 5.70. The van der Waals surface area contributed by atoms with Crippen molar-refractivity contribution in [3.8, 4) is 5.75 Å². The smallest absolute Gasteiger partial charge is 0.401 e. The number of fused-ring (bicyclic) bond motifs is 1. The Hall–Kier alpha value is -2.93. The average molecular weight is 447 g/mol. The van der Waals surface area contributed by atoms with Crippen LogP contribution in [-0.2, 0) is 13.0 Å². The van der Waals surface area contributed by atoms with Gasteiger partial charge in [0.05, 0.1) is 12.6 Å². The Kier molecular flexibility index (Phi) is 6.20. The molecular formula is C25H22F5NO. The lowest BCUT2D eigenvalue weighted by molar-refractivity contribution is -0.155. The third-order valence-corrected chi connectivity index (χ3v) is 5.70. The molecule has 0 saturated carbocycles. The summed E-state index contributed by atoms with van der Waals surface area (Å²) in [7, 11) is 0. The maximum Gasteiger partial charge on any atom is 0.401 e. The maximum atomic E-state index is 15.2. The normalized spacial score (nSPS) is 18.9. The molecule has 0 spiro atoms. The van der Waals surface area contributed by atoms with Gasteiger partial charge in [0.2, 0.25) is 0 Å². The van der Waals surface area contributed by atoms with E-state index in [9.17, 15) is 13.2 Å². The molecule has 0 aromatic heterocycles. The lowest BCUT2D eigenvalue weighted by Gasteiger charge is -2.42. The molecule has 0 radical (unpaired) electrons. The summed E-state index contributed by atoms with van der Waals surface area (Å²) in [4.78, 5) is 1.12. The average Bonchev–Trinajstić information content (AvgIpc) is 2.73. The zero-order valence-electron chi connectivity index (χ0n) is 17.4. The van der Waals surface area contributed by atoms with Gasteiger partial charge in [-0.25, -0.2) is 8.78 Å². The van der Waals surface area contributed by atoms with E-state index >= 15 is 8.78 Å². The van der Waals surface area contributed by atoms with Crippen LogP contribution in [0.2, 0.25) is 0 Å². The van der Waals surface area contributed by atoms with Crippen LogP contribution in [0.25, 0.3) is 0 Å². The van der Waals surface area contributed by atoms with Crippen LogP contribution in [0.5, 0.6) is 5.75 Å². The van der Waals surface area contributed by atoms with Crippen molar-refractivity contribution in [3.63, 3.8) is 0 Å². The van der Waals surface area contributed by atoms with Gasteiger partial charge in [-0.1, -0.05) is 54.6 Å². The van der Waals surface area contributed by atoms with Gasteiger partial charge < -0.3 is 4.74 Å². The zero-order valence-corrected chi connectivity index (χ0v) is 17.4. The van der Waals surface area contributed by atoms with E-state index in [1.807, 2.05) is 30.3 Å². The van der Waals surface area contributed by atoms with Gasteiger partial charge in [-0.2, -0.15) is 13.2 Å². The monoisotopic (exact) mass is 447 g/mol. The van der Waals surface area contributed by atoms with Gasteiger partial charge in [0.15, 0.2) is 0 Å². The molecule has 0 amide bonds. The van der Waals surface area contributed by atoms with Crippen LogP contribution >= 0.6 is 0 Å². The molecule has 2 atom stereocenters. The predicted molar refractivity (Wildman–Crippen MR) is 111 cm³/mol. The number of hydrogen-bond acceptors (Lipinski definition) is 2. The second-order valence-electron chi connectivity index (χ2n) is 8.02. The van der Waals surface area contributed by atoms with E-state index in [4.69, 9.17) is 4.74 Å². The van der Waals surface area contributed by atoms with E-state index in [2.05, 4.69) is 0 Å². The minimum absolute atomic E-state index is 0.0212. The number of alkyl halides is 3. The van der Waals surface area contributed by atoms with Crippen molar-refractivity contribution in [1.82, 2.24) is 4.90 Å². The molecule has 0 bridgehead atoms. The zero-order chi connectivity index (χ0) is 22.9. The molecule has 32 heavy (non-hydrogen) atoms. The van der Waals surface area contributed by atoms with Gasteiger partial charge in [-0.3, -0.25) is 4.90 Å². The van der Waals surface area contributed by atoms with Crippen molar-refractivity contribution in [3.05, 3.63) is 101 Å². The number of benzene rings is 3. The van der Waals surface area contributed by atoms with E-state index in [1.165, 1.54) is 0 Å². The number of halogens is 5. The predicted octanol–water partition coefficient (Wildman–Crippen LogP) is 6.44. The summed E-state index contributed by atoms with van der Waals surface area (Å²) in [6, 6.07) is 16.3. The lowest BCUT2D eigenvalue weighted by atomic mass is 9.84. The minimum Gasteiger partial charge on any atom is -0.489 e. The highest BCUT2D eigenvalue weighted by molar-refractivity contribution is 5.43. The van der Waals surface area contributed by atoms with Crippen LogP contribution in [0.4, 0.5) is 22.0 Å². The first kappa shape index (κ1) is 22.3. The summed E-state index contributed by atoms with van der Waals surface area (Å²) in [5, 5.41) is 0. The highest BCUT2D eigenvalue weighted by atomic mass is 19.4. The van der Waals surface area contributed by atoms with Crippen LogP contribution in [0, 0.1) is 11.6 Å². The second-order valence-corrected chi connectivity index (χ2v) is 8.02. The topological polar surface area (TPSA) is 12.5 Å². The summed E-state index contributed by atoms with van der Waals surface area (Å²) in [6.45, 7) is 0.489. The highest BCUT2D eigenvalue weighted by Gasteiger charge is 2.42. The van der Waals surface area contributed by atoms with Crippen molar-refractivity contribution in [1.29, 1.82) is 0 Å². The van der Waals surface area contributed by atoms with Crippen LogP contribution in [0.1, 0.15) is 35.2 Å². The van der Waals surface area contributed by atoms with Crippen LogP contribution in [0.3, 0.4) is 0 Å². The summed E-state index contributed by atoms with van der Waals surface area (Å²) in [6.07, 6.45) is -4.14. The van der Waals surface area contributed by atoms with Gasteiger partial charge >= 0.3 is 6.18 Å². The first-order chi connectivity index (χ1) is 15.2. The highest BCUT2D eigenvalue weighted by Crippen LogP contribution is 2.42. The SMILES string of the molecule is C[C@@H]1Cc2ccccc2[C@@H](c2c(F)cc(OCc3ccccc3)cc2F)N1CC(F)(F)F. The van der Waals surface area contributed by atoms with Gasteiger partial charge in [-0.05, 0) is 30.0 Å². The molecule has 0 aliphatic carbocycles. The fourth-order valence-electron chi connectivity index (χ4n) is 4.28. The van der Waals surface area contributed by atoms with E-state index in [0.29, 0.717) is 12.0 Å². The largest absolute Gasteiger partial charge is 0.489 e. The third kappa shape index (κ3) is 4.78. The van der Waals surface area contributed by atoms with Crippen LogP contribution in [0.15, 0.2) is 66.7 Å². The molecule has 3 aromatic rings. The Balaban J connectivity index is 1.72. The van der Waals surface area contributed by atoms with E-state index in [0.717, 1.165) is 28.2 Å². The molecule has 3 aromatic carbocycles. The number of hydrogen-bond donors (Lipinski definition) is 0. The minimum atomic E-state index is -4.51. The van der Waals surface area contributed by atoms with Crippen molar-refractivity contribution in [2.75, 3.05) is 6.54 Å². The van der Waals surface area contributed by atoms with Gasteiger partial charge in [0.1, 0.15) is 24.0 Å². The quantitative estimate of drug-likeness (QED) is 0.417. The Morgan fingerprint density at radius 3 is 2.22 bits per heavy atom. The van der Waals surface area contributed by atoms with Crippen molar-refractivity contribution < 1.29 is 26.7 Å². The number of ether oxygens (including phenoxy) is 1. The molecule has 0 fully saturated rings. The molecule has 2 nitrogen and oxygen atoms in total. The summed E-state index contributed by atoms with van der Waals surface area (Å²) < 4.78 is 76.0. The van der Waals surface area contributed by atoms with Crippen molar-refractivity contribution in [2.24, 2.45) is 0 Å². The van der Waals surface area contributed by atoms with Gasteiger partial charge in [0, 0.05) is 23.7 Å². The van der Waals surface area contributed by atoms with Crippen LogP contribution in [-0.4, -0.2) is 23.7 Å². The molecule has 0 N–H and O–H groups in total. The number of rotatable bonds is 5. The van der Waals surface area contributed by atoms with Gasteiger partial charge in [-0.15, -0.1) is 0 Å². The molecule has 1 heterocycles. The first-order valence-electron chi connectivity index (χ1n) is 10.3. The second kappa shape index (κ2) is 8.90. The lowest BCUT2D eigenvalue weighted by Crippen LogP contribution is -2.47.